The van der Waals surface area contributed by atoms with Crippen LogP contribution in [0.15, 0.2) is 47.5 Å². The van der Waals surface area contributed by atoms with Gasteiger partial charge in [0.25, 0.3) is 5.56 Å². The van der Waals surface area contributed by atoms with Gasteiger partial charge in [0.1, 0.15) is 0 Å². The first-order valence-electron chi connectivity index (χ1n) is 9.91. The van der Waals surface area contributed by atoms with Crippen molar-refractivity contribution in [1.29, 1.82) is 0 Å². The number of carbonyl (C=O) groups excluding carboxylic acids is 1. The van der Waals surface area contributed by atoms with E-state index >= 15 is 0 Å². The van der Waals surface area contributed by atoms with E-state index in [0.29, 0.717) is 53.4 Å². The molecular formula is C23H27N3O4. The highest BCUT2D eigenvalue weighted by Crippen LogP contribution is 2.28. The maximum Gasteiger partial charge on any atom is 0.261 e. The van der Waals surface area contributed by atoms with Gasteiger partial charge in [-0.15, -0.1) is 0 Å². The normalized spacial score (nSPS) is 11.0. The second-order valence-electron chi connectivity index (χ2n) is 7.57. The number of rotatable bonds is 8. The molecule has 7 nitrogen and oxygen atoms in total. The number of amides is 1. The summed E-state index contributed by atoms with van der Waals surface area (Å²) in [6.07, 6.45) is 2.44. The van der Waals surface area contributed by atoms with Crippen LogP contribution >= 0.6 is 0 Å². The number of nitrogens with zero attached hydrogens (tertiary/aromatic N) is 2. The van der Waals surface area contributed by atoms with Gasteiger partial charge in [-0.1, -0.05) is 19.9 Å². The van der Waals surface area contributed by atoms with Crippen LogP contribution in [0.3, 0.4) is 0 Å². The fourth-order valence-corrected chi connectivity index (χ4v) is 3.28. The van der Waals surface area contributed by atoms with Gasteiger partial charge >= 0.3 is 0 Å². The zero-order chi connectivity index (χ0) is 21.7. The lowest BCUT2D eigenvalue weighted by molar-refractivity contribution is -0.116. The van der Waals surface area contributed by atoms with Crippen molar-refractivity contribution in [2.24, 2.45) is 5.92 Å². The van der Waals surface area contributed by atoms with Gasteiger partial charge in [0.15, 0.2) is 11.5 Å². The minimum atomic E-state index is -0.129. The van der Waals surface area contributed by atoms with Gasteiger partial charge in [0.05, 0.1) is 31.4 Å². The molecule has 0 aliphatic rings. The zero-order valence-corrected chi connectivity index (χ0v) is 17.8. The predicted octanol–water partition coefficient (Wildman–Crippen LogP) is 3.64. The largest absolute Gasteiger partial charge is 0.493 e. The highest BCUT2D eigenvalue weighted by molar-refractivity contribution is 5.93. The molecule has 0 saturated carbocycles. The fourth-order valence-electron chi connectivity index (χ4n) is 3.28. The molecule has 0 spiro atoms. The molecule has 0 atom stereocenters. The molecule has 0 unspecified atom stereocenters. The van der Waals surface area contributed by atoms with E-state index in [0.717, 1.165) is 5.56 Å². The molecule has 0 bridgehead atoms. The number of aromatic nitrogens is 2. The summed E-state index contributed by atoms with van der Waals surface area (Å²) in [6, 6.07) is 10.8. The molecule has 1 N–H and O–H groups in total. The lowest BCUT2D eigenvalue weighted by Gasteiger charge is -2.11. The maximum atomic E-state index is 12.7. The van der Waals surface area contributed by atoms with Crippen LogP contribution in [0.25, 0.3) is 10.9 Å². The monoisotopic (exact) mass is 409 g/mol. The number of anilines is 1. The third-order valence-corrected chi connectivity index (χ3v) is 4.76. The van der Waals surface area contributed by atoms with Gasteiger partial charge in [-0.05, 0) is 48.2 Å². The van der Waals surface area contributed by atoms with Crippen LogP contribution in [0.4, 0.5) is 5.69 Å². The van der Waals surface area contributed by atoms with E-state index in [2.05, 4.69) is 10.3 Å². The van der Waals surface area contributed by atoms with E-state index in [4.69, 9.17) is 9.47 Å². The Morgan fingerprint density at radius 1 is 1.10 bits per heavy atom. The van der Waals surface area contributed by atoms with Gasteiger partial charge < -0.3 is 14.8 Å². The van der Waals surface area contributed by atoms with Crippen LogP contribution in [-0.2, 0) is 17.8 Å². The standard InChI is InChI=1S/C23H27N3O4/c1-15(2)13-26-14-24-19-8-7-17(12-18(19)23(26)28)25-22(27)10-6-16-5-9-20(29-3)21(11-16)30-4/h5,7-9,11-12,14-15H,6,10,13H2,1-4H3,(H,25,27). The first kappa shape index (κ1) is 21.4. The summed E-state index contributed by atoms with van der Waals surface area (Å²) in [7, 11) is 3.17. The maximum absolute atomic E-state index is 12.7. The molecule has 3 aromatic rings. The summed E-state index contributed by atoms with van der Waals surface area (Å²) in [5.41, 5.74) is 2.07. The molecule has 1 heterocycles. The van der Waals surface area contributed by atoms with E-state index in [-0.39, 0.29) is 11.5 Å². The number of hydrogen-bond donors (Lipinski definition) is 1. The molecule has 0 saturated heterocycles. The van der Waals surface area contributed by atoms with Crippen LogP contribution in [-0.4, -0.2) is 29.7 Å². The summed E-state index contributed by atoms with van der Waals surface area (Å²) < 4.78 is 12.1. The molecule has 158 valence electrons. The molecular weight excluding hydrogens is 382 g/mol. The van der Waals surface area contributed by atoms with Crippen LogP contribution in [0, 0.1) is 5.92 Å². The van der Waals surface area contributed by atoms with E-state index in [9.17, 15) is 9.59 Å². The quantitative estimate of drug-likeness (QED) is 0.614. The molecule has 0 fully saturated rings. The number of hydrogen-bond acceptors (Lipinski definition) is 5. The molecule has 1 aromatic heterocycles. The Hall–Kier alpha value is -3.35. The van der Waals surface area contributed by atoms with Crippen molar-refractivity contribution in [3.05, 3.63) is 58.6 Å². The SMILES string of the molecule is COc1ccc(CCC(=O)Nc2ccc3ncn(CC(C)C)c(=O)c3c2)cc1OC. The number of nitrogens with one attached hydrogen (secondary N) is 1. The average molecular weight is 409 g/mol. The van der Waals surface area contributed by atoms with Crippen molar-refractivity contribution < 1.29 is 14.3 Å². The van der Waals surface area contributed by atoms with Crippen LogP contribution in [0.5, 0.6) is 11.5 Å². The molecule has 0 aliphatic heterocycles. The average Bonchev–Trinajstić information content (AvgIpc) is 2.74. The molecule has 30 heavy (non-hydrogen) atoms. The third kappa shape index (κ3) is 4.97. The first-order valence-corrected chi connectivity index (χ1v) is 9.91. The predicted molar refractivity (Wildman–Crippen MR) is 117 cm³/mol. The van der Waals surface area contributed by atoms with Crippen molar-refractivity contribution in [2.45, 2.75) is 33.2 Å². The highest BCUT2D eigenvalue weighted by atomic mass is 16.5. The lowest BCUT2D eigenvalue weighted by atomic mass is 10.1. The topological polar surface area (TPSA) is 82.5 Å². The molecule has 2 aromatic carbocycles. The number of carbonyl (C=O) groups is 1. The second kappa shape index (κ2) is 9.43. The van der Waals surface area contributed by atoms with Crippen molar-refractivity contribution in [1.82, 2.24) is 9.55 Å². The first-order chi connectivity index (χ1) is 14.4. The minimum Gasteiger partial charge on any atom is -0.493 e. The highest BCUT2D eigenvalue weighted by Gasteiger charge is 2.10. The summed E-state index contributed by atoms with van der Waals surface area (Å²) in [5, 5.41) is 3.37. The minimum absolute atomic E-state index is 0.102. The summed E-state index contributed by atoms with van der Waals surface area (Å²) in [5.74, 6) is 1.49. The van der Waals surface area contributed by atoms with E-state index in [1.54, 1.807) is 43.3 Å². The lowest BCUT2D eigenvalue weighted by Crippen LogP contribution is -2.23. The van der Waals surface area contributed by atoms with E-state index in [1.165, 1.54) is 0 Å². The van der Waals surface area contributed by atoms with Crippen LogP contribution in [0.2, 0.25) is 0 Å². The van der Waals surface area contributed by atoms with Crippen LogP contribution < -0.4 is 20.3 Å². The van der Waals surface area contributed by atoms with Gasteiger partial charge in [0.2, 0.25) is 5.91 Å². The fraction of sp³-hybridized carbons (Fsp3) is 0.348. The van der Waals surface area contributed by atoms with Gasteiger partial charge in [-0.3, -0.25) is 14.2 Å². The summed E-state index contributed by atoms with van der Waals surface area (Å²) in [6.45, 7) is 4.70. The Morgan fingerprint density at radius 2 is 1.87 bits per heavy atom. The Kier molecular flexibility index (Phi) is 6.72. The number of benzene rings is 2. The summed E-state index contributed by atoms with van der Waals surface area (Å²) >= 11 is 0. The third-order valence-electron chi connectivity index (χ3n) is 4.76. The van der Waals surface area contributed by atoms with Crippen LogP contribution in [0.1, 0.15) is 25.8 Å². The van der Waals surface area contributed by atoms with E-state index in [1.807, 2.05) is 32.0 Å². The Bertz CT molecular complexity index is 1110. The Balaban J connectivity index is 1.70. The zero-order valence-electron chi connectivity index (χ0n) is 17.8. The van der Waals surface area contributed by atoms with Gasteiger partial charge in [0, 0.05) is 18.7 Å². The van der Waals surface area contributed by atoms with Gasteiger partial charge in [-0.25, -0.2) is 4.98 Å². The molecule has 3 rings (SSSR count). The van der Waals surface area contributed by atoms with Crippen molar-refractivity contribution in [3.8, 4) is 11.5 Å². The smallest absolute Gasteiger partial charge is 0.261 e. The van der Waals surface area contributed by atoms with Crippen molar-refractivity contribution in [2.75, 3.05) is 19.5 Å². The van der Waals surface area contributed by atoms with E-state index < -0.39 is 0 Å². The number of aryl methyl sites for hydroxylation is 1. The second-order valence-corrected chi connectivity index (χ2v) is 7.57. The summed E-state index contributed by atoms with van der Waals surface area (Å²) in [4.78, 5) is 29.5. The molecule has 7 heteroatoms. The Labute approximate surface area is 175 Å². The number of methoxy groups -OCH3 is 2. The van der Waals surface area contributed by atoms with Crippen molar-refractivity contribution >= 4 is 22.5 Å². The molecule has 1 amide bonds. The number of ether oxygens (including phenoxy) is 2. The molecule has 0 aliphatic carbocycles. The van der Waals surface area contributed by atoms with Crippen molar-refractivity contribution in [3.63, 3.8) is 0 Å². The number of fused-ring (bicyclic) bond motifs is 1. The van der Waals surface area contributed by atoms with Gasteiger partial charge in [-0.2, -0.15) is 0 Å². The Morgan fingerprint density at radius 3 is 2.57 bits per heavy atom. The molecule has 0 radical (unpaired) electrons.